The van der Waals surface area contributed by atoms with Gasteiger partial charge in [0.25, 0.3) is 0 Å². The number of piperidine rings is 1. The Morgan fingerprint density at radius 3 is 2.33 bits per heavy atom. The molecule has 2 aliphatic rings. The van der Waals surface area contributed by atoms with Gasteiger partial charge in [-0.25, -0.2) is 8.42 Å². The summed E-state index contributed by atoms with van der Waals surface area (Å²) in [6, 6.07) is 22.5. The van der Waals surface area contributed by atoms with Crippen molar-refractivity contribution in [1.82, 2.24) is 14.5 Å². The minimum Gasteiger partial charge on any atom is -0.390 e. The molecule has 39 heavy (non-hydrogen) atoms. The van der Waals surface area contributed by atoms with Crippen molar-refractivity contribution < 1.29 is 13.5 Å². The van der Waals surface area contributed by atoms with Gasteiger partial charge in [-0.05, 0) is 86.5 Å². The summed E-state index contributed by atoms with van der Waals surface area (Å²) in [5.74, 6) is 0. The molecule has 0 bridgehead atoms. The number of benzene rings is 3. The maximum Gasteiger partial charge on any atom is 0.243 e. The molecule has 3 aromatic rings. The average Bonchev–Trinajstić information content (AvgIpc) is 3.40. The lowest BCUT2D eigenvalue weighted by molar-refractivity contribution is 0.0633. The number of fused-ring (bicyclic) bond motifs is 1. The molecule has 0 radical (unpaired) electrons. The second-order valence-corrected chi connectivity index (χ2v) is 13.9. The molecule has 2 aliphatic heterocycles. The number of likely N-dealkylation sites (tertiary alicyclic amines) is 1. The molecule has 0 unspecified atom stereocenters. The zero-order valence-corrected chi connectivity index (χ0v) is 24.2. The van der Waals surface area contributed by atoms with Crippen LogP contribution in [0.5, 0.6) is 0 Å². The molecule has 3 aromatic carbocycles. The smallest absolute Gasteiger partial charge is 0.243 e. The van der Waals surface area contributed by atoms with E-state index in [1.807, 2.05) is 12.1 Å². The zero-order chi connectivity index (χ0) is 27.5. The highest BCUT2D eigenvalue weighted by molar-refractivity contribution is 7.89. The summed E-state index contributed by atoms with van der Waals surface area (Å²) < 4.78 is 27.6. The number of nitrogens with zero attached hydrogens (tertiary/aromatic N) is 2. The third kappa shape index (κ3) is 6.90. The van der Waals surface area contributed by atoms with E-state index < -0.39 is 16.1 Å². The molecule has 2 heterocycles. The lowest BCUT2D eigenvalue weighted by Gasteiger charge is -2.33. The SMILES string of the molecule is CC(C)(Cc1ccc2ccccc2c1)NC[C@@H](O)[C@H]1CCCN1Cc1ccc(S(=O)(=O)N2CCCCC2)cc1. The summed E-state index contributed by atoms with van der Waals surface area (Å²) in [7, 11) is -3.41. The highest BCUT2D eigenvalue weighted by Gasteiger charge is 2.32. The van der Waals surface area contributed by atoms with Gasteiger partial charge in [-0.3, -0.25) is 4.90 Å². The van der Waals surface area contributed by atoms with Crippen LogP contribution in [0.2, 0.25) is 0 Å². The molecule has 2 fully saturated rings. The zero-order valence-electron chi connectivity index (χ0n) is 23.4. The number of hydrogen-bond acceptors (Lipinski definition) is 5. The van der Waals surface area contributed by atoms with E-state index >= 15 is 0 Å². The number of rotatable bonds is 10. The fourth-order valence-corrected chi connectivity index (χ4v) is 7.70. The topological polar surface area (TPSA) is 72.9 Å². The van der Waals surface area contributed by atoms with Crippen LogP contribution < -0.4 is 5.32 Å². The maximum atomic E-state index is 13.0. The lowest BCUT2D eigenvalue weighted by Crippen LogP contribution is -2.50. The monoisotopic (exact) mass is 549 g/mol. The summed E-state index contributed by atoms with van der Waals surface area (Å²) in [6.07, 6.45) is 5.41. The molecule has 0 saturated carbocycles. The van der Waals surface area contributed by atoms with Gasteiger partial charge in [-0.1, -0.05) is 61.0 Å². The Balaban J connectivity index is 1.16. The standard InChI is InChI=1S/C32H43N3O3S/c1-32(2,22-26-12-15-27-9-4-5-10-28(27)21-26)33-23-31(36)30-11-8-18-34(30)24-25-13-16-29(17-14-25)39(37,38)35-19-6-3-7-20-35/h4-5,9-10,12-17,21,30-31,33,36H,3,6-8,11,18-20,22-24H2,1-2H3/t30-,31-/m1/s1. The molecular formula is C32H43N3O3S. The summed E-state index contributed by atoms with van der Waals surface area (Å²) >= 11 is 0. The fraction of sp³-hybridized carbons (Fsp3) is 0.500. The van der Waals surface area contributed by atoms with Gasteiger partial charge in [0.1, 0.15) is 0 Å². The third-order valence-corrected chi connectivity index (χ3v) is 10.3. The van der Waals surface area contributed by atoms with E-state index in [1.165, 1.54) is 16.3 Å². The molecule has 5 rings (SSSR count). The molecular weight excluding hydrogens is 506 g/mol. The van der Waals surface area contributed by atoms with Crippen molar-refractivity contribution in [3.8, 4) is 0 Å². The van der Waals surface area contributed by atoms with Gasteiger partial charge in [0.05, 0.1) is 11.0 Å². The van der Waals surface area contributed by atoms with Gasteiger partial charge in [0.15, 0.2) is 0 Å². The molecule has 0 aromatic heterocycles. The first kappa shape index (κ1) is 28.2. The van der Waals surface area contributed by atoms with Crippen LogP contribution >= 0.6 is 0 Å². The number of nitrogens with one attached hydrogen (secondary N) is 1. The highest BCUT2D eigenvalue weighted by Crippen LogP contribution is 2.26. The third-order valence-electron chi connectivity index (χ3n) is 8.37. The van der Waals surface area contributed by atoms with Crippen molar-refractivity contribution in [1.29, 1.82) is 0 Å². The quantitative estimate of drug-likeness (QED) is 0.374. The Labute approximate surface area is 234 Å². The van der Waals surface area contributed by atoms with Crippen molar-refractivity contribution in [2.24, 2.45) is 0 Å². The normalized spacial score (nSPS) is 20.4. The number of aliphatic hydroxyl groups excluding tert-OH is 1. The molecule has 2 saturated heterocycles. The van der Waals surface area contributed by atoms with Gasteiger partial charge in [-0.2, -0.15) is 4.31 Å². The first-order valence-electron chi connectivity index (χ1n) is 14.5. The van der Waals surface area contributed by atoms with E-state index in [-0.39, 0.29) is 11.6 Å². The van der Waals surface area contributed by atoms with E-state index in [1.54, 1.807) is 16.4 Å². The fourth-order valence-electron chi connectivity index (χ4n) is 6.18. The summed E-state index contributed by atoms with van der Waals surface area (Å²) in [4.78, 5) is 2.72. The van der Waals surface area contributed by atoms with Crippen LogP contribution in [0.15, 0.2) is 71.6 Å². The van der Waals surface area contributed by atoms with Crippen LogP contribution in [0, 0.1) is 0 Å². The van der Waals surface area contributed by atoms with E-state index in [2.05, 4.69) is 66.5 Å². The summed E-state index contributed by atoms with van der Waals surface area (Å²) in [5.41, 5.74) is 2.22. The van der Waals surface area contributed by atoms with Crippen molar-refractivity contribution in [2.45, 2.75) is 81.5 Å². The Kier molecular flexibility index (Phi) is 8.74. The van der Waals surface area contributed by atoms with Crippen molar-refractivity contribution in [2.75, 3.05) is 26.2 Å². The molecule has 2 N–H and O–H groups in total. The van der Waals surface area contributed by atoms with Gasteiger partial charge < -0.3 is 10.4 Å². The predicted molar refractivity (Wildman–Crippen MR) is 158 cm³/mol. The number of β-amino-alcohol motifs (C(OH)–C–C–N with tert-alkyl or cyclic N) is 1. The van der Waals surface area contributed by atoms with Gasteiger partial charge in [-0.15, -0.1) is 0 Å². The number of hydrogen-bond donors (Lipinski definition) is 2. The molecule has 210 valence electrons. The minimum atomic E-state index is -3.41. The number of aliphatic hydroxyl groups is 1. The van der Waals surface area contributed by atoms with E-state index in [4.69, 9.17) is 0 Å². The van der Waals surface area contributed by atoms with Crippen LogP contribution in [0.3, 0.4) is 0 Å². The Morgan fingerprint density at radius 1 is 0.897 bits per heavy atom. The molecule has 0 spiro atoms. The van der Waals surface area contributed by atoms with Crippen LogP contribution in [0.1, 0.15) is 57.1 Å². The second-order valence-electron chi connectivity index (χ2n) is 12.0. The van der Waals surface area contributed by atoms with Gasteiger partial charge in [0.2, 0.25) is 10.0 Å². The Morgan fingerprint density at radius 2 is 1.59 bits per heavy atom. The molecule has 0 aliphatic carbocycles. The van der Waals surface area contributed by atoms with E-state index in [9.17, 15) is 13.5 Å². The first-order chi connectivity index (χ1) is 18.7. The van der Waals surface area contributed by atoms with E-state index in [0.29, 0.717) is 31.1 Å². The molecule has 0 amide bonds. The average molecular weight is 550 g/mol. The van der Waals surface area contributed by atoms with Crippen molar-refractivity contribution >= 4 is 20.8 Å². The van der Waals surface area contributed by atoms with Crippen LogP contribution in [0.4, 0.5) is 0 Å². The lowest BCUT2D eigenvalue weighted by atomic mass is 9.93. The summed E-state index contributed by atoms with van der Waals surface area (Å²) in [5, 5.41) is 17.3. The molecule has 7 heteroatoms. The van der Waals surface area contributed by atoms with Crippen LogP contribution in [0.25, 0.3) is 10.8 Å². The van der Waals surface area contributed by atoms with Crippen LogP contribution in [-0.2, 0) is 23.0 Å². The Hall–Kier alpha value is -2.29. The second kappa shape index (κ2) is 12.1. The Bertz CT molecular complexity index is 1350. The van der Waals surface area contributed by atoms with E-state index in [0.717, 1.165) is 50.6 Å². The largest absolute Gasteiger partial charge is 0.390 e. The molecule has 2 atom stereocenters. The molecule has 6 nitrogen and oxygen atoms in total. The van der Waals surface area contributed by atoms with Gasteiger partial charge >= 0.3 is 0 Å². The van der Waals surface area contributed by atoms with Crippen molar-refractivity contribution in [3.05, 3.63) is 77.9 Å². The van der Waals surface area contributed by atoms with Gasteiger partial charge in [0, 0.05) is 37.8 Å². The predicted octanol–water partition coefficient (Wildman–Crippen LogP) is 4.95. The maximum absolute atomic E-state index is 13.0. The first-order valence-corrected chi connectivity index (χ1v) is 15.9. The van der Waals surface area contributed by atoms with Crippen LogP contribution in [-0.4, -0.2) is 66.6 Å². The van der Waals surface area contributed by atoms with Crippen molar-refractivity contribution in [3.63, 3.8) is 0 Å². The highest BCUT2D eigenvalue weighted by atomic mass is 32.2. The summed E-state index contributed by atoms with van der Waals surface area (Å²) in [6.45, 7) is 7.81. The minimum absolute atomic E-state index is 0.0886. The number of sulfonamides is 1.